The van der Waals surface area contributed by atoms with Crippen molar-refractivity contribution in [2.45, 2.75) is 32.2 Å². The van der Waals surface area contributed by atoms with Gasteiger partial charge in [0.15, 0.2) is 0 Å². The van der Waals surface area contributed by atoms with Crippen LogP contribution in [0.25, 0.3) is 11.4 Å². The van der Waals surface area contributed by atoms with E-state index in [1.54, 1.807) is 0 Å². The zero-order valence-electron chi connectivity index (χ0n) is 12.9. The molecule has 0 aliphatic carbocycles. The summed E-state index contributed by atoms with van der Waals surface area (Å²) >= 11 is 0. The number of H-pyrrole nitrogens is 1. The lowest BCUT2D eigenvalue weighted by molar-refractivity contribution is 0.0755. The van der Waals surface area contributed by atoms with Crippen LogP contribution in [0.3, 0.4) is 0 Å². The molecule has 0 spiro atoms. The topological polar surface area (TPSA) is 75.0 Å². The Hall–Kier alpha value is -2.14. The Morgan fingerprint density at radius 3 is 2.82 bits per heavy atom. The van der Waals surface area contributed by atoms with E-state index in [-0.39, 0.29) is 11.9 Å². The molecule has 1 fully saturated rings. The maximum absolute atomic E-state index is 12.7. The van der Waals surface area contributed by atoms with Crippen molar-refractivity contribution < 1.29 is 4.79 Å². The van der Waals surface area contributed by atoms with Gasteiger partial charge in [-0.1, -0.05) is 30.3 Å². The maximum atomic E-state index is 12.7. The first kappa shape index (κ1) is 14.8. The first-order valence-electron chi connectivity index (χ1n) is 7.82. The van der Waals surface area contributed by atoms with Crippen LogP contribution < -0.4 is 5.73 Å². The monoisotopic (exact) mass is 298 g/mol. The lowest BCUT2D eigenvalue weighted by atomic mass is 10.1. The summed E-state index contributed by atoms with van der Waals surface area (Å²) in [6.45, 7) is 3.38. The minimum Gasteiger partial charge on any atom is -0.341 e. The van der Waals surface area contributed by atoms with Gasteiger partial charge in [-0.15, -0.1) is 0 Å². The van der Waals surface area contributed by atoms with Crippen LogP contribution in [0.15, 0.2) is 30.3 Å². The second-order valence-corrected chi connectivity index (χ2v) is 5.91. The molecule has 0 radical (unpaired) electrons. The molecule has 0 bridgehead atoms. The molecule has 22 heavy (non-hydrogen) atoms. The van der Waals surface area contributed by atoms with Crippen LogP contribution in [-0.4, -0.2) is 39.9 Å². The molecule has 2 heterocycles. The standard InChI is InChI=1S/C17H22N4O/c1-12-15(17(22)21-10-5-8-14(18)9-11-21)20-16(19-12)13-6-3-2-4-7-13/h2-4,6-7,14H,5,8-11,18H2,1H3,(H,19,20)/t14-/m0/s1. The van der Waals surface area contributed by atoms with Crippen LogP contribution >= 0.6 is 0 Å². The van der Waals surface area contributed by atoms with Gasteiger partial charge in [0.1, 0.15) is 11.5 Å². The summed E-state index contributed by atoms with van der Waals surface area (Å²) in [6, 6.07) is 10.1. The molecule has 116 valence electrons. The maximum Gasteiger partial charge on any atom is 0.274 e. The third-order valence-corrected chi connectivity index (χ3v) is 4.19. The van der Waals surface area contributed by atoms with Crippen molar-refractivity contribution in [2.24, 2.45) is 5.73 Å². The van der Waals surface area contributed by atoms with Gasteiger partial charge in [-0.25, -0.2) is 4.98 Å². The highest BCUT2D eigenvalue weighted by Gasteiger charge is 2.24. The molecule has 2 aromatic rings. The van der Waals surface area contributed by atoms with Crippen molar-refractivity contribution in [3.05, 3.63) is 41.7 Å². The fourth-order valence-corrected chi connectivity index (χ4v) is 2.88. The van der Waals surface area contributed by atoms with Gasteiger partial charge in [-0.05, 0) is 26.2 Å². The number of nitrogens with two attached hydrogens (primary N) is 1. The quantitative estimate of drug-likeness (QED) is 0.893. The number of hydrogen-bond acceptors (Lipinski definition) is 3. The number of hydrogen-bond donors (Lipinski definition) is 2. The molecule has 3 rings (SSSR count). The molecular weight excluding hydrogens is 276 g/mol. The molecule has 0 saturated carbocycles. The SMILES string of the molecule is Cc1[nH]c(-c2ccccc2)nc1C(=O)N1CCC[C@H](N)CC1. The third kappa shape index (κ3) is 3.04. The Morgan fingerprint density at radius 1 is 1.27 bits per heavy atom. The molecule has 1 aromatic heterocycles. The number of benzene rings is 1. The van der Waals surface area contributed by atoms with Crippen molar-refractivity contribution in [3.8, 4) is 11.4 Å². The fraction of sp³-hybridized carbons (Fsp3) is 0.412. The van der Waals surface area contributed by atoms with Crippen LogP contribution in [0.1, 0.15) is 35.4 Å². The van der Waals surface area contributed by atoms with Crippen molar-refractivity contribution in [2.75, 3.05) is 13.1 Å². The first-order valence-corrected chi connectivity index (χ1v) is 7.82. The highest BCUT2D eigenvalue weighted by molar-refractivity contribution is 5.94. The lowest BCUT2D eigenvalue weighted by Crippen LogP contribution is -2.33. The van der Waals surface area contributed by atoms with Gasteiger partial charge in [0.25, 0.3) is 5.91 Å². The average Bonchev–Trinajstić information content (AvgIpc) is 2.79. The minimum absolute atomic E-state index is 0.00466. The van der Waals surface area contributed by atoms with Crippen molar-refractivity contribution in [1.82, 2.24) is 14.9 Å². The van der Waals surface area contributed by atoms with Crippen molar-refractivity contribution in [3.63, 3.8) is 0 Å². The average molecular weight is 298 g/mol. The van der Waals surface area contributed by atoms with Gasteiger partial charge in [-0.3, -0.25) is 4.79 Å². The summed E-state index contributed by atoms with van der Waals surface area (Å²) < 4.78 is 0. The van der Waals surface area contributed by atoms with Gasteiger partial charge in [0.05, 0.1) is 0 Å². The Balaban J connectivity index is 1.82. The Morgan fingerprint density at radius 2 is 2.05 bits per heavy atom. The Kier molecular flexibility index (Phi) is 4.24. The second-order valence-electron chi connectivity index (χ2n) is 5.91. The lowest BCUT2D eigenvalue weighted by Gasteiger charge is -2.19. The largest absolute Gasteiger partial charge is 0.341 e. The molecular formula is C17H22N4O. The number of carbonyl (C=O) groups excluding carboxylic acids is 1. The molecule has 3 N–H and O–H groups in total. The molecule has 5 nitrogen and oxygen atoms in total. The summed E-state index contributed by atoms with van der Waals surface area (Å²) in [7, 11) is 0. The summed E-state index contributed by atoms with van der Waals surface area (Å²) in [5, 5.41) is 0. The summed E-state index contributed by atoms with van der Waals surface area (Å²) in [6.07, 6.45) is 2.81. The van der Waals surface area contributed by atoms with Gasteiger partial charge in [0, 0.05) is 30.4 Å². The first-order chi connectivity index (χ1) is 10.6. The summed E-state index contributed by atoms with van der Waals surface area (Å²) in [5.41, 5.74) is 8.31. The van der Waals surface area contributed by atoms with E-state index in [0.717, 1.165) is 42.9 Å². The van der Waals surface area contributed by atoms with E-state index in [2.05, 4.69) is 9.97 Å². The zero-order chi connectivity index (χ0) is 15.5. The van der Waals surface area contributed by atoms with Crippen LogP contribution in [0.4, 0.5) is 0 Å². The number of nitrogens with zero attached hydrogens (tertiary/aromatic N) is 2. The van der Waals surface area contributed by atoms with E-state index in [9.17, 15) is 4.79 Å². The molecule has 1 amide bonds. The Bertz CT molecular complexity index is 650. The van der Waals surface area contributed by atoms with E-state index in [0.29, 0.717) is 12.2 Å². The van der Waals surface area contributed by atoms with Crippen LogP contribution in [0.2, 0.25) is 0 Å². The van der Waals surface area contributed by atoms with E-state index >= 15 is 0 Å². The summed E-state index contributed by atoms with van der Waals surface area (Å²) in [4.78, 5) is 22.4. The number of nitrogens with one attached hydrogen (secondary N) is 1. The summed E-state index contributed by atoms with van der Waals surface area (Å²) in [5.74, 6) is 0.748. The van der Waals surface area contributed by atoms with Gasteiger partial charge >= 0.3 is 0 Å². The molecule has 1 aliphatic rings. The Labute approximate surface area is 130 Å². The van der Waals surface area contributed by atoms with Crippen LogP contribution in [0.5, 0.6) is 0 Å². The highest BCUT2D eigenvalue weighted by Crippen LogP contribution is 2.20. The molecule has 1 aliphatic heterocycles. The normalized spacial score (nSPS) is 19.0. The van der Waals surface area contributed by atoms with Crippen LogP contribution in [-0.2, 0) is 0 Å². The number of imidazole rings is 1. The van der Waals surface area contributed by atoms with Gasteiger partial charge in [0.2, 0.25) is 0 Å². The van der Waals surface area contributed by atoms with E-state index in [1.807, 2.05) is 42.2 Å². The van der Waals surface area contributed by atoms with Crippen LogP contribution in [0, 0.1) is 6.92 Å². The van der Waals surface area contributed by atoms with Crippen molar-refractivity contribution >= 4 is 5.91 Å². The molecule has 5 heteroatoms. The fourth-order valence-electron chi connectivity index (χ4n) is 2.88. The zero-order valence-corrected chi connectivity index (χ0v) is 12.9. The number of aryl methyl sites for hydroxylation is 1. The number of carbonyl (C=O) groups is 1. The predicted octanol–water partition coefficient (Wildman–Crippen LogP) is 2.34. The molecule has 1 atom stereocenters. The number of aromatic nitrogens is 2. The van der Waals surface area contributed by atoms with Gasteiger partial charge < -0.3 is 15.6 Å². The minimum atomic E-state index is 0.00466. The smallest absolute Gasteiger partial charge is 0.274 e. The number of likely N-dealkylation sites (tertiary alicyclic amines) is 1. The number of rotatable bonds is 2. The number of aromatic amines is 1. The third-order valence-electron chi connectivity index (χ3n) is 4.19. The molecule has 0 unspecified atom stereocenters. The highest BCUT2D eigenvalue weighted by atomic mass is 16.2. The van der Waals surface area contributed by atoms with Crippen molar-refractivity contribution in [1.29, 1.82) is 0 Å². The van der Waals surface area contributed by atoms with E-state index < -0.39 is 0 Å². The predicted molar refractivity (Wildman–Crippen MR) is 86.5 cm³/mol. The molecule has 1 saturated heterocycles. The second kappa shape index (κ2) is 6.32. The van der Waals surface area contributed by atoms with Gasteiger partial charge in [-0.2, -0.15) is 0 Å². The number of amides is 1. The van der Waals surface area contributed by atoms with E-state index in [1.165, 1.54) is 0 Å². The van der Waals surface area contributed by atoms with E-state index in [4.69, 9.17) is 5.73 Å². The molecule has 1 aromatic carbocycles.